The smallest absolute Gasteiger partial charge is 0.234 e. The Hall–Kier alpha value is -4.23. The Balaban J connectivity index is 1.26. The van der Waals surface area contributed by atoms with Gasteiger partial charge in [-0.1, -0.05) is 72.4 Å². The molecule has 34 heavy (non-hydrogen) atoms. The molecule has 0 saturated heterocycles. The molecule has 7 heteroatoms. The third-order valence-corrected chi connectivity index (χ3v) is 6.56. The van der Waals surface area contributed by atoms with Crippen LogP contribution in [0, 0.1) is 0 Å². The van der Waals surface area contributed by atoms with E-state index in [1.807, 2.05) is 84.9 Å². The van der Waals surface area contributed by atoms with Gasteiger partial charge in [-0.15, -0.1) is 0 Å². The van der Waals surface area contributed by atoms with Gasteiger partial charge in [0.15, 0.2) is 5.58 Å². The second-order valence-corrected chi connectivity index (χ2v) is 8.70. The topological polar surface area (TPSA) is 80.9 Å². The van der Waals surface area contributed by atoms with Gasteiger partial charge < -0.3 is 9.73 Å². The lowest BCUT2D eigenvalue weighted by Gasteiger charge is -2.09. The number of carbonyl (C=O) groups excluding carboxylic acids is 1. The minimum atomic E-state index is -0.137. The lowest BCUT2D eigenvalue weighted by atomic mass is 10.1. The Morgan fingerprint density at radius 3 is 2.56 bits per heavy atom. The maximum Gasteiger partial charge on any atom is 0.234 e. The monoisotopic (exact) mass is 462 g/mol. The zero-order chi connectivity index (χ0) is 22.9. The van der Waals surface area contributed by atoms with Crippen molar-refractivity contribution in [2.75, 3.05) is 11.1 Å². The summed E-state index contributed by atoms with van der Waals surface area (Å²) in [6.45, 7) is 0. The quantitative estimate of drug-likeness (QED) is 0.238. The number of nitrogens with one attached hydrogen (secondary N) is 1. The van der Waals surface area contributed by atoms with Crippen molar-refractivity contribution in [2.24, 2.45) is 0 Å². The van der Waals surface area contributed by atoms with Crippen LogP contribution in [0.1, 0.15) is 0 Å². The molecule has 2 aromatic heterocycles. The van der Waals surface area contributed by atoms with E-state index >= 15 is 0 Å². The second kappa shape index (κ2) is 8.61. The molecular weight excluding hydrogens is 444 g/mol. The first-order valence-electron chi connectivity index (χ1n) is 10.8. The first-order chi connectivity index (χ1) is 16.8. The Morgan fingerprint density at radius 2 is 1.62 bits per heavy atom. The number of aromatic nitrogens is 3. The number of hydrogen-bond donors (Lipinski definition) is 1. The summed E-state index contributed by atoms with van der Waals surface area (Å²) in [7, 11) is 0. The van der Waals surface area contributed by atoms with E-state index in [4.69, 9.17) is 4.42 Å². The molecule has 0 bridgehead atoms. The number of hydrogen-bond acceptors (Lipinski definition) is 6. The van der Waals surface area contributed by atoms with Gasteiger partial charge in [0.2, 0.25) is 11.8 Å². The molecule has 4 aromatic carbocycles. The number of amides is 1. The highest BCUT2D eigenvalue weighted by Crippen LogP contribution is 2.33. The van der Waals surface area contributed by atoms with E-state index in [1.165, 1.54) is 18.1 Å². The van der Waals surface area contributed by atoms with Crippen molar-refractivity contribution < 1.29 is 9.21 Å². The maximum atomic E-state index is 12.8. The van der Waals surface area contributed by atoms with E-state index in [9.17, 15) is 4.79 Å². The molecule has 0 aliphatic heterocycles. The molecule has 0 spiro atoms. The van der Waals surface area contributed by atoms with Gasteiger partial charge in [-0.05, 0) is 29.7 Å². The van der Waals surface area contributed by atoms with E-state index in [0.29, 0.717) is 11.6 Å². The first-order valence-corrected chi connectivity index (χ1v) is 11.7. The lowest BCUT2D eigenvalue weighted by molar-refractivity contribution is -0.113. The van der Waals surface area contributed by atoms with E-state index in [-0.39, 0.29) is 11.7 Å². The molecule has 0 aliphatic carbocycles. The van der Waals surface area contributed by atoms with E-state index in [1.54, 1.807) is 0 Å². The molecule has 1 N–H and O–H groups in total. The minimum Gasteiger partial charge on any atom is -0.435 e. The number of thioether (sulfide) groups is 1. The zero-order valence-electron chi connectivity index (χ0n) is 17.9. The molecule has 0 atom stereocenters. The molecule has 0 aliphatic rings. The minimum absolute atomic E-state index is 0.137. The van der Waals surface area contributed by atoms with Gasteiger partial charge in [0, 0.05) is 10.8 Å². The van der Waals surface area contributed by atoms with Gasteiger partial charge >= 0.3 is 0 Å². The van der Waals surface area contributed by atoms with Crippen LogP contribution in [-0.4, -0.2) is 26.6 Å². The number of nitrogens with zero attached hydrogens (tertiary/aromatic N) is 3. The lowest BCUT2D eigenvalue weighted by Crippen LogP contribution is -2.14. The van der Waals surface area contributed by atoms with Crippen molar-refractivity contribution in [3.63, 3.8) is 0 Å². The molecule has 164 valence electrons. The predicted molar refractivity (Wildman–Crippen MR) is 136 cm³/mol. The number of benzene rings is 4. The van der Waals surface area contributed by atoms with Gasteiger partial charge in [0.25, 0.3) is 0 Å². The summed E-state index contributed by atoms with van der Waals surface area (Å²) in [5.41, 5.74) is 3.75. The maximum absolute atomic E-state index is 12.8. The Morgan fingerprint density at radius 1 is 0.824 bits per heavy atom. The van der Waals surface area contributed by atoms with Gasteiger partial charge in [0.1, 0.15) is 16.9 Å². The normalized spacial score (nSPS) is 11.3. The summed E-state index contributed by atoms with van der Waals surface area (Å²) < 4.78 is 6.18. The van der Waals surface area contributed by atoms with Crippen molar-refractivity contribution in [1.82, 2.24) is 15.0 Å². The number of anilines is 1. The summed E-state index contributed by atoms with van der Waals surface area (Å²) >= 11 is 1.38. The van der Waals surface area contributed by atoms with Crippen LogP contribution in [0.3, 0.4) is 0 Å². The molecule has 0 unspecified atom stereocenters. The summed E-state index contributed by atoms with van der Waals surface area (Å²) in [6.07, 6.45) is 1.52. The largest absolute Gasteiger partial charge is 0.435 e. The average Bonchev–Trinajstić information content (AvgIpc) is 3.32. The van der Waals surface area contributed by atoms with Crippen molar-refractivity contribution in [1.29, 1.82) is 0 Å². The number of fused-ring (bicyclic) bond motifs is 4. The number of oxazole rings is 1. The van der Waals surface area contributed by atoms with Crippen LogP contribution in [0.5, 0.6) is 0 Å². The third-order valence-electron chi connectivity index (χ3n) is 5.56. The molecule has 6 rings (SSSR count). The van der Waals surface area contributed by atoms with Crippen LogP contribution < -0.4 is 5.32 Å². The fraction of sp³-hybridized carbons (Fsp3) is 0.0370. The third kappa shape index (κ3) is 3.76. The molecule has 1 amide bonds. The van der Waals surface area contributed by atoms with Crippen LogP contribution in [0.4, 0.5) is 5.69 Å². The van der Waals surface area contributed by atoms with Crippen LogP contribution >= 0.6 is 11.8 Å². The van der Waals surface area contributed by atoms with Crippen molar-refractivity contribution >= 4 is 56.1 Å². The van der Waals surface area contributed by atoms with Gasteiger partial charge in [0.05, 0.1) is 22.5 Å². The standard InChI is InChI=1S/C27H18N4O2S/c32-24(15-34-27-20-10-4-5-11-21(20)28-16-29-27)30-22-12-6-3-9-19(22)26-31-23-14-13-17-7-1-2-8-18(17)25(23)33-26/h1-14,16H,15H2,(H,30,32). The van der Waals surface area contributed by atoms with Gasteiger partial charge in [-0.3, -0.25) is 4.79 Å². The zero-order valence-corrected chi connectivity index (χ0v) is 18.8. The fourth-order valence-corrected chi connectivity index (χ4v) is 4.75. The van der Waals surface area contributed by atoms with Gasteiger partial charge in [-0.25, -0.2) is 15.0 Å². The van der Waals surface area contributed by atoms with E-state index in [0.717, 1.165) is 43.4 Å². The van der Waals surface area contributed by atoms with Crippen molar-refractivity contribution in [3.05, 3.63) is 91.3 Å². The van der Waals surface area contributed by atoms with E-state index in [2.05, 4.69) is 20.3 Å². The first kappa shape index (κ1) is 20.4. The fourth-order valence-electron chi connectivity index (χ4n) is 3.96. The van der Waals surface area contributed by atoms with Gasteiger partial charge in [-0.2, -0.15) is 0 Å². The molecule has 0 saturated carbocycles. The molecule has 2 heterocycles. The number of carbonyl (C=O) groups is 1. The highest BCUT2D eigenvalue weighted by molar-refractivity contribution is 8.00. The number of para-hydroxylation sites is 2. The van der Waals surface area contributed by atoms with Crippen LogP contribution in [0.15, 0.2) is 101 Å². The summed E-state index contributed by atoms with van der Waals surface area (Å²) in [5, 5.41) is 6.81. The molecule has 6 aromatic rings. The molecular formula is C27H18N4O2S. The summed E-state index contributed by atoms with van der Waals surface area (Å²) in [5.74, 6) is 0.548. The highest BCUT2D eigenvalue weighted by atomic mass is 32.2. The van der Waals surface area contributed by atoms with Crippen LogP contribution in [0.25, 0.3) is 44.2 Å². The predicted octanol–water partition coefficient (Wildman–Crippen LogP) is 6.32. The Bertz CT molecular complexity index is 1670. The summed E-state index contributed by atoms with van der Waals surface area (Å²) in [4.78, 5) is 26.1. The highest BCUT2D eigenvalue weighted by Gasteiger charge is 2.16. The van der Waals surface area contributed by atoms with Crippen molar-refractivity contribution in [3.8, 4) is 11.5 Å². The average molecular weight is 463 g/mol. The van der Waals surface area contributed by atoms with Crippen molar-refractivity contribution in [2.45, 2.75) is 5.03 Å². The Kier molecular flexibility index (Phi) is 5.16. The number of rotatable bonds is 5. The Labute approximate surface area is 199 Å². The SMILES string of the molecule is O=C(CSc1ncnc2ccccc12)Nc1ccccc1-c1nc2ccc3ccccc3c2o1. The van der Waals surface area contributed by atoms with Crippen LogP contribution in [0.2, 0.25) is 0 Å². The molecule has 6 nitrogen and oxygen atoms in total. The summed E-state index contributed by atoms with van der Waals surface area (Å²) in [6, 6.07) is 27.3. The van der Waals surface area contributed by atoms with Crippen LogP contribution in [-0.2, 0) is 4.79 Å². The molecule has 0 radical (unpaired) electrons. The second-order valence-electron chi connectivity index (χ2n) is 7.73. The molecule has 0 fully saturated rings. The van der Waals surface area contributed by atoms with E-state index < -0.39 is 0 Å².